The number of halogens is 4. The first-order valence-corrected chi connectivity index (χ1v) is 8.73. The zero-order valence-corrected chi connectivity index (χ0v) is 15.1. The third kappa shape index (κ3) is 4.63. The molecule has 1 amide bonds. The Kier molecular flexibility index (Phi) is 5.58. The minimum Gasteiger partial charge on any atom is -0.323 e. The van der Waals surface area contributed by atoms with Crippen molar-refractivity contribution in [3.63, 3.8) is 0 Å². The van der Waals surface area contributed by atoms with Gasteiger partial charge >= 0.3 is 6.18 Å². The van der Waals surface area contributed by atoms with Crippen molar-refractivity contribution in [1.82, 2.24) is 25.2 Å². The molecule has 146 valence electrons. The number of aromatic nitrogens is 5. The van der Waals surface area contributed by atoms with Gasteiger partial charge in [-0.05, 0) is 47.7 Å². The molecule has 0 bridgehead atoms. The molecule has 7 nitrogen and oxygen atoms in total. The molecule has 1 aromatic carbocycles. The highest BCUT2D eigenvalue weighted by Crippen LogP contribution is 2.29. The Morgan fingerprint density at radius 2 is 2.04 bits per heavy atom. The summed E-state index contributed by atoms with van der Waals surface area (Å²) in [6, 6.07) is 6.04. The lowest BCUT2D eigenvalue weighted by Crippen LogP contribution is -2.15. The summed E-state index contributed by atoms with van der Waals surface area (Å²) in [5.74, 6) is -0.879. The largest absolute Gasteiger partial charge is 0.417 e. The number of hydrogen-bond acceptors (Lipinski definition) is 6. The Bertz CT molecular complexity index is 990. The maximum atomic E-state index is 14.0. The molecule has 0 saturated heterocycles. The number of tetrazole rings is 1. The van der Waals surface area contributed by atoms with Gasteiger partial charge in [-0.2, -0.15) is 17.9 Å². The van der Waals surface area contributed by atoms with E-state index in [4.69, 9.17) is 0 Å². The third-order valence-corrected chi connectivity index (χ3v) is 4.45. The third-order valence-electron chi connectivity index (χ3n) is 3.51. The van der Waals surface area contributed by atoms with Crippen LogP contribution in [0, 0.1) is 12.7 Å². The van der Waals surface area contributed by atoms with E-state index >= 15 is 0 Å². The first-order valence-electron chi connectivity index (χ1n) is 7.75. The average Bonchev–Trinajstić information content (AvgIpc) is 3.07. The van der Waals surface area contributed by atoms with Crippen molar-refractivity contribution < 1.29 is 22.4 Å². The second-order valence-corrected chi connectivity index (χ2v) is 6.52. The van der Waals surface area contributed by atoms with Crippen molar-refractivity contribution >= 4 is 23.4 Å². The summed E-state index contributed by atoms with van der Waals surface area (Å²) < 4.78 is 52.9. The van der Waals surface area contributed by atoms with Crippen LogP contribution in [0.5, 0.6) is 0 Å². The van der Waals surface area contributed by atoms with Crippen LogP contribution in [0.25, 0.3) is 5.69 Å². The van der Waals surface area contributed by atoms with Crippen LogP contribution in [0.4, 0.5) is 23.2 Å². The van der Waals surface area contributed by atoms with Crippen LogP contribution >= 0.6 is 11.8 Å². The molecule has 3 aromatic rings. The Labute approximate surface area is 160 Å². The zero-order chi connectivity index (χ0) is 20.3. The van der Waals surface area contributed by atoms with Gasteiger partial charge in [-0.3, -0.25) is 4.79 Å². The summed E-state index contributed by atoms with van der Waals surface area (Å²) in [5, 5.41) is 13.6. The summed E-state index contributed by atoms with van der Waals surface area (Å²) in [4.78, 5) is 15.7. The summed E-state index contributed by atoms with van der Waals surface area (Å²) in [5.41, 5.74) is -0.493. The molecule has 0 aliphatic heterocycles. The summed E-state index contributed by atoms with van der Waals surface area (Å²) >= 11 is 0.927. The van der Waals surface area contributed by atoms with Crippen LogP contribution in [-0.2, 0) is 11.0 Å². The normalized spacial score (nSPS) is 11.5. The van der Waals surface area contributed by atoms with Crippen molar-refractivity contribution in [3.05, 3.63) is 53.7 Å². The Balaban J connectivity index is 1.64. The number of nitrogens with one attached hydrogen (secondary N) is 1. The van der Waals surface area contributed by atoms with E-state index < -0.39 is 23.5 Å². The molecule has 0 saturated carbocycles. The minimum atomic E-state index is -4.48. The predicted molar refractivity (Wildman–Crippen MR) is 92.4 cm³/mol. The maximum Gasteiger partial charge on any atom is 0.417 e. The zero-order valence-electron chi connectivity index (χ0n) is 14.2. The van der Waals surface area contributed by atoms with Crippen LogP contribution in [0.1, 0.15) is 11.4 Å². The molecule has 1 N–H and O–H groups in total. The number of benzene rings is 1. The smallest absolute Gasteiger partial charge is 0.323 e. The van der Waals surface area contributed by atoms with Gasteiger partial charge in [-0.25, -0.2) is 9.37 Å². The molecule has 12 heteroatoms. The van der Waals surface area contributed by atoms with Gasteiger partial charge in [0.25, 0.3) is 0 Å². The van der Waals surface area contributed by atoms with E-state index in [1.54, 1.807) is 6.92 Å². The van der Waals surface area contributed by atoms with E-state index in [1.807, 2.05) is 0 Å². The lowest BCUT2D eigenvalue weighted by atomic mass is 10.2. The maximum absolute atomic E-state index is 14.0. The van der Waals surface area contributed by atoms with Gasteiger partial charge in [0, 0.05) is 6.20 Å². The molecular weight excluding hydrogens is 400 g/mol. The van der Waals surface area contributed by atoms with Crippen molar-refractivity contribution in [2.75, 3.05) is 11.1 Å². The van der Waals surface area contributed by atoms with Gasteiger partial charge < -0.3 is 5.32 Å². The van der Waals surface area contributed by atoms with E-state index in [0.29, 0.717) is 17.7 Å². The Morgan fingerprint density at radius 3 is 2.64 bits per heavy atom. The number of carbonyl (C=O) groups excluding carboxylic acids is 1. The number of nitrogens with zero attached hydrogens (tertiary/aromatic N) is 5. The lowest BCUT2D eigenvalue weighted by Gasteiger charge is -2.09. The molecule has 2 heterocycles. The van der Waals surface area contributed by atoms with Crippen LogP contribution in [0.3, 0.4) is 0 Å². The fraction of sp³-hybridized carbons (Fsp3) is 0.188. The van der Waals surface area contributed by atoms with Crippen molar-refractivity contribution in [1.29, 1.82) is 0 Å². The second kappa shape index (κ2) is 7.92. The molecule has 0 fully saturated rings. The highest BCUT2D eigenvalue weighted by atomic mass is 32.2. The molecule has 0 spiro atoms. The lowest BCUT2D eigenvalue weighted by molar-refractivity contribution is -0.137. The van der Waals surface area contributed by atoms with Crippen molar-refractivity contribution in [2.45, 2.75) is 18.1 Å². The van der Waals surface area contributed by atoms with Crippen molar-refractivity contribution in [2.24, 2.45) is 0 Å². The van der Waals surface area contributed by atoms with Gasteiger partial charge in [0.1, 0.15) is 5.82 Å². The quantitative estimate of drug-likeness (QED) is 0.512. The van der Waals surface area contributed by atoms with Gasteiger partial charge in [-0.15, -0.1) is 5.10 Å². The molecule has 3 rings (SSSR count). The molecule has 28 heavy (non-hydrogen) atoms. The number of carbonyl (C=O) groups is 1. The molecule has 2 aromatic heterocycles. The van der Waals surface area contributed by atoms with Crippen molar-refractivity contribution in [3.8, 4) is 5.69 Å². The van der Waals surface area contributed by atoms with Gasteiger partial charge in [-0.1, -0.05) is 11.8 Å². The average molecular weight is 412 g/mol. The van der Waals surface area contributed by atoms with Gasteiger partial charge in [0.2, 0.25) is 5.91 Å². The predicted octanol–water partition coefficient (Wildman–Crippen LogP) is 3.25. The number of aryl methyl sites for hydroxylation is 1. The van der Waals surface area contributed by atoms with E-state index in [-0.39, 0.29) is 16.5 Å². The fourth-order valence-corrected chi connectivity index (χ4v) is 2.81. The van der Waals surface area contributed by atoms with E-state index in [0.717, 1.165) is 23.9 Å². The summed E-state index contributed by atoms with van der Waals surface area (Å²) in [7, 11) is 0. The first kappa shape index (κ1) is 19.7. The fourth-order valence-electron chi connectivity index (χ4n) is 2.17. The summed E-state index contributed by atoms with van der Waals surface area (Å²) in [6.45, 7) is 1.66. The second-order valence-electron chi connectivity index (χ2n) is 5.52. The first-order chi connectivity index (χ1) is 13.2. The number of alkyl halides is 3. The molecule has 0 radical (unpaired) electrons. The van der Waals surface area contributed by atoms with E-state index in [2.05, 4.69) is 25.8 Å². The van der Waals surface area contributed by atoms with Crippen LogP contribution in [-0.4, -0.2) is 36.9 Å². The highest BCUT2D eigenvalue weighted by Gasteiger charge is 2.30. The molecule has 0 unspecified atom stereocenters. The number of pyridine rings is 1. The van der Waals surface area contributed by atoms with Crippen LogP contribution < -0.4 is 5.32 Å². The number of hydrogen-bond donors (Lipinski definition) is 1. The standard InChI is InChI=1S/C16H12F4N6OS/c1-9-23-24-25-26(9)11-3-4-12(17)13(6-11)22-14(27)8-28-15-5-2-10(7-21-15)16(18,19)20/h2-7H,8H2,1H3,(H,22,27). The van der Waals surface area contributed by atoms with Crippen LogP contribution in [0.2, 0.25) is 0 Å². The topological polar surface area (TPSA) is 85.6 Å². The van der Waals surface area contributed by atoms with E-state index in [9.17, 15) is 22.4 Å². The monoisotopic (exact) mass is 412 g/mol. The highest BCUT2D eigenvalue weighted by molar-refractivity contribution is 7.99. The SMILES string of the molecule is Cc1nnnn1-c1ccc(F)c(NC(=O)CSc2ccc(C(F)(F)F)cn2)c1. The Morgan fingerprint density at radius 1 is 1.25 bits per heavy atom. The molecule has 0 aliphatic rings. The molecule has 0 aliphatic carbocycles. The number of thioether (sulfide) groups is 1. The molecular formula is C16H12F4N6OS. The van der Waals surface area contributed by atoms with Gasteiger partial charge in [0.05, 0.1) is 27.7 Å². The van der Waals surface area contributed by atoms with Crippen LogP contribution in [0.15, 0.2) is 41.6 Å². The van der Waals surface area contributed by atoms with E-state index in [1.165, 1.54) is 22.9 Å². The van der Waals surface area contributed by atoms with Gasteiger partial charge in [0.15, 0.2) is 5.82 Å². The Hall–Kier alpha value is -3.02. The number of amides is 1. The minimum absolute atomic E-state index is 0.0709. The number of anilines is 1. The summed E-state index contributed by atoms with van der Waals surface area (Å²) in [6.07, 6.45) is -3.79. The molecule has 0 atom stereocenters. The number of rotatable bonds is 5.